The summed E-state index contributed by atoms with van der Waals surface area (Å²) < 4.78 is 32.2. The van der Waals surface area contributed by atoms with E-state index in [2.05, 4.69) is 12.2 Å². The van der Waals surface area contributed by atoms with Crippen molar-refractivity contribution in [3.05, 3.63) is 0 Å². The summed E-state index contributed by atoms with van der Waals surface area (Å²) in [4.78, 5) is 0. The molecule has 0 radical (unpaired) electrons. The average Bonchev–Trinajstić information content (AvgIpc) is 3.39. The van der Waals surface area contributed by atoms with Gasteiger partial charge in [-0.3, -0.25) is 0 Å². The minimum atomic E-state index is -3.00. The second kappa shape index (κ2) is 7.16. The smallest absolute Gasteiger partial charge is 0.217 e. The van der Waals surface area contributed by atoms with Crippen molar-refractivity contribution in [2.24, 2.45) is 5.92 Å². The molecule has 22 heavy (non-hydrogen) atoms. The molecule has 3 aliphatic rings. The summed E-state index contributed by atoms with van der Waals surface area (Å²) in [5.41, 5.74) is 0. The van der Waals surface area contributed by atoms with Crippen LogP contribution in [0, 0.1) is 5.92 Å². The van der Waals surface area contributed by atoms with Gasteiger partial charge in [-0.2, -0.15) is 0 Å². The van der Waals surface area contributed by atoms with Gasteiger partial charge in [-0.15, -0.1) is 0 Å². The minimum Gasteiger partial charge on any atom is -0.378 e. The molecular weight excluding hydrogens is 300 g/mol. The second-order valence-electron chi connectivity index (χ2n) is 7.14. The molecule has 0 aromatic carbocycles. The predicted octanol–water partition coefficient (Wildman–Crippen LogP) is 1.74. The number of nitrogens with zero attached hydrogens (tertiary/aromatic N) is 1. The van der Waals surface area contributed by atoms with Gasteiger partial charge in [0, 0.05) is 25.7 Å². The highest BCUT2D eigenvalue weighted by atomic mass is 32.2. The van der Waals surface area contributed by atoms with E-state index in [1.165, 1.54) is 0 Å². The number of rotatable bonds is 6. The quantitative estimate of drug-likeness (QED) is 0.806. The summed E-state index contributed by atoms with van der Waals surface area (Å²) in [6, 6.07) is 0.324. The molecule has 1 aliphatic carbocycles. The molecule has 3 rings (SSSR count). The number of nitrogens with one attached hydrogen (secondary N) is 1. The van der Waals surface area contributed by atoms with Gasteiger partial charge in [0.05, 0.1) is 11.4 Å². The summed E-state index contributed by atoms with van der Waals surface area (Å²) in [5, 5.41) is 3.56. The van der Waals surface area contributed by atoms with Crippen molar-refractivity contribution in [2.75, 3.05) is 26.2 Å². The molecule has 3 atom stereocenters. The molecule has 0 spiro atoms. The Morgan fingerprint density at radius 2 is 2.05 bits per heavy atom. The van der Waals surface area contributed by atoms with E-state index in [4.69, 9.17) is 4.74 Å². The predicted molar refractivity (Wildman–Crippen MR) is 87.3 cm³/mol. The van der Waals surface area contributed by atoms with Gasteiger partial charge in [-0.1, -0.05) is 6.92 Å². The third kappa shape index (κ3) is 4.02. The van der Waals surface area contributed by atoms with E-state index in [0.29, 0.717) is 31.2 Å². The van der Waals surface area contributed by atoms with Gasteiger partial charge in [-0.05, 0) is 57.4 Å². The van der Waals surface area contributed by atoms with E-state index in [0.717, 1.165) is 58.1 Å². The zero-order valence-electron chi connectivity index (χ0n) is 13.7. The number of sulfonamides is 1. The van der Waals surface area contributed by atoms with Crippen LogP contribution in [0.2, 0.25) is 0 Å². The van der Waals surface area contributed by atoms with Gasteiger partial charge in [-0.25, -0.2) is 12.7 Å². The molecular formula is C16H30N2O3S. The molecule has 2 saturated heterocycles. The van der Waals surface area contributed by atoms with Crippen molar-refractivity contribution in [3.8, 4) is 0 Å². The maximum atomic E-state index is 12.4. The lowest BCUT2D eigenvalue weighted by atomic mass is 9.94. The lowest BCUT2D eigenvalue weighted by Crippen LogP contribution is -2.50. The fourth-order valence-electron chi connectivity index (χ4n) is 3.68. The topological polar surface area (TPSA) is 58.6 Å². The van der Waals surface area contributed by atoms with Crippen molar-refractivity contribution < 1.29 is 13.2 Å². The third-order valence-electron chi connectivity index (χ3n) is 5.32. The Kier molecular flexibility index (Phi) is 5.43. The SMILES string of the molecule is CCC1CC(CN[C@@H]2CCCN(S(=O)(=O)C3CC3)C2)CCO1. The van der Waals surface area contributed by atoms with Crippen LogP contribution in [-0.4, -0.2) is 56.4 Å². The molecule has 6 heteroatoms. The lowest BCUT2D eigenvalue weighted by molar-refractivity contribution is -0.0108. The van der Waals surface area contributed by atoms with Gasteiger partial charge in [0.25, 0.3) is 0 Å². The Morgan fingerprint density at radius 1 is 1.23 bits per heavy atom. The van der Waals surface area contributed by atoms with Gasteiger partial charge < -0.3 is 10.1 Å². The van der Waals surface area contributed by atoms with Crippen LogP contribution < -0.4 is 5.32 Å². The summed E-state index contributed by atoms with van der Waals surface area (Å²) >= 11 is 0. The third-order valence-corrected chi connectivity index (χ3v) is 7.68. The van der Waals surface area contributed by atoms with Gasteiger partial charge in [0.15, 0.2) is 0 Å². The lowest BCUT2D eigenvalue weighted by Gasteiger charge is -2.35. The molecule has 1 saturated carbocycles. The summed E-state index contributed by atoms with van der Waals surface area (Å²) in [5.74, 6) is 0.675. The van der Waals surface area contributed by atoms with E-state index in [9.17, 15) is 8.42 Å². The molecule has 0 aromatic rings. The highest BCUT2D eigenvalue weighted by Gasteiger charge is 2.41. The molecule has 2 heterocycles. The second-order valence-corrected chi connectivity index (χ2v) is 9.35. The van der Waals surface area contributed by atoms with Crippen LogP contribution in [0.15, 0.2) is 0 Å². The highest BCUT2D eigenvalue weighted by molar-refractivity contribution is 7.90. The van der Waals surface area contributed by atoms with Crippen molar-refractivity contribution in [1.82, 2.24) is 9.62 Å². The van der Waals surface area contributed by atoms with E-state index in [-0.39, 0.29) is 5.25 Å². The first-order valence-electron chi connectivity index (χ1n) is 8.93. The Morgan fingerprint density at radius 3 is 2.77 bits per heavy atom. The normalized spacial score (nSPS) is 34.7. The molecule has 0 aromatic heterocycles. The van der Waals surface area contributed by atoms with E-state index in [1.807, 2.05) is 0 Å². The van der Waals surface area contributed by atoms with Crippen LogP contribution in [-0.2, 0) is 14.8 Å². The largest absolute Gasteiger partial charge is 0.378 e. The minimum absolute atomic E-state index is 0.0768. The van der Waals surface area contributed by atoms with Crippen LogP contribution in [0.25, 0.3) is 0 Å². The maximum absolute atomic E-state index is 12.4. The number of hydrogen-bond donors (Lipinski definition) is 1. The zero-order valence-corrected chi connectivity index (χ0v) is 14.5. The summed E-state index contributed by atoms with van der Waals surface area (Å²) in [7, 11) is -3.00. The number of ether oxygens (including phenoxy) is 1. The Hall–Kier alpha value is -0.170. The number of piperidine rings is 1. The van der Waals surface area contributed by atoms with Gasteiger partial charge in [0.2, 0.25) is 10.0 Å². The molecule has 0 amide bonds. The van der Waals surface area contributed by atoms with Crippen molar-refractivity contribution >= 4 is 10.0 Å². The summed E-state index contributed by atoms with van der Waals surface area (Å²) in [6.07, 6.45) is 7.56. The Bertz CT molecular complexity index is 464. The molecule has 1 N–H and O–H groups in total. The van der Waals surface area contributed by atoms with Crippen molar-refractivity contribution in [1.29, 1.82) is 0 Å². The standard InChI is InChI=1S/C16H30N2O3S/c1-2-15-10-13(7-9-21-15)11-17-14-4-3-8-18(12-14)22(19,20)16-5-6-16/h13-17H,2-12H2,1H3/t13?,14-,15?/m1/s1. The first-order valence-corrected chi connectivity index (χ1v) is 10.4. The first kappa shape index (κ1) is 16.7. The average molecular weight is 330 g/mol. The molecule has 128 valence electrons. The Balaban J connectivity index is 1.46. The first-order chi connectivity index (χ1) is 10.6. The van der Waals surface area contributed by atoms with Crippen LogP contribution in [0.3, 0.4) is 0 Å². The van der Waals surface area contributed by atoms with Crippen LogP contribution in [0.4, 0.5) is 0 Å². The van der Waals surface area contributed by atoms with Crippen LogP contribution in [0.5, 0.6) is 0 Å². The van der Waals surface area contributed by atoms with Crippen molar-refractivity contribution in [2.45, 2.75) is 69.3 Å². The molecule has 0 bridgehead atoms. The van der Waals surface area contributed by atoms with E-state index < -0.39 is 10.0 Å². The molecule has 2 unspecified atom stereocenters. The molecule has 3 fully saturated rings. The summed E-state index contributed by atoms with van der Waals surface area (Å²) in [6.45, 7) is 5.44. The van der Waals surface area contributed by atoms with Gasteiger partial charge >= 0.3 is 0 Å². The van der Waals surface area contributed by atoms with Gasteiger partial charge in [0.1, 0.15) is 0 Å². The monoisotopic (exact) mass is 330 g/mol. The number of hydrogen-bond acceptors (Lipinski definition) is 4. The molecule has 5 nitrogen and oxygen atoms in total. The molecule has 2 aliphatic heterocycles. The maximum Gasteiger partial charge on any atom is 0.217 e. The Labute approximate surface area is 134 Å². The van der Waals surface area contributed by atoms with Crippen LogP contribution >= 0.6 is 0 Å². The van der Waals surface area contributed by atoms with Crippen molar-refractivity contribution in [3.63, 3.8) is 0 Å². The highest BCUT2D eigenvalue weighted by Crippen LogP contribution is 2.32. The van der Waals surface area contributed by atoms with E-state index in [1.54, 1.807) is 4.31 Å². The zero-order chi connectivity index (χ0) is 15.6. The van der Waals surface area contributed by atoms with Crippen LogP contribution in [0.1, 0.15) is 51.9 Å². The fourth-order valence-corrected chi connectivity index (χ4v) is 5.60. The van der Waals surface area contributed by atoms with E-state index >= 15 is 0 Å². The fraction of sp³-hybridized carbons (Fsp3) is 1.00.